The van der Waals surface area contributed by atoms with Crippen LogP contribution in [0.3, 0.4) is 0 Å². The van der Waals surface area contributed by atoms with Gasteiger partial charge in [0.05, 0.1) is 11.9 Å². The minimum atomic E-state index is -3.22. The topological polar surface area (TPSA) is 66.4 Å². The summed E-state index contributed by atoms with van der Waals surface area (Å²) in [6.07, 6.45) is -0.0645. The minimum absolute atomic E-state index is 0.0750. The molecule has 0 aromatic rings. The Labute approximate surface area is 78.0 Å². The number of rotatable bonds is 6. The first kappa shape index (κ1) is 12.2. The lowest BCUT2D eigenvalue weighted by Gasteiger charge is -2.05. The summed E-state index contributed by atoms with van der Waals surface area (Å²) in [4.78, 5) is 0. The Hall–Kier alpha value is 0.160. The SMILES string of the molecule is CC(O)CCNS(=O)(=O)CCCl. The van der Waals surface area contributed by atoms with Crippen molar-refractivity contribution in [3.05, 3.63) is 0 Å². The normalized spacial score (nSPS) is 14.6. The van der Waals surface area contributed by atoms with Crippen LogP contribution >= 0.6 is 11.6 Å². The molecule has 0 fully saturated rings. The van der Waals surface area contributed by atoms with E-state index >= 15 is 0 Å². The smallest absolute Gasteiger partial charge is 0.212 e. The van der Waals surface area contributed by atoms with E-state index in [4.69, 9.17) is 16.7 Å². The number of hydrogen-bond donors (Lipinski definition) is 2. The monoisotopic (exact) mass is 215 g/mol. The number of aliphatic hydroxyl groups is 1. The predicted octanol–water partition coefficient (Wildman–Crippen LogP) is -0.0845. The lowest BCUT2D eigenvalue weighted by atomic mass is 10.3. The van der Waals surface area contributed by atoms with Crippen LogP contribution in [0.15, 0.2) is 0 Å². The molecule has 0 heterocycles. The molecule has 0 aliphatic carbocycles. The maximum Gasteiger partial charge on any atom is 0.212 e. The van der Waals surface area contributed by atoms with E-state index in [0.717, 1.165) is 0 Å². The number of halogens is 1. The lowest BCUT2D eigenvalue weighted by molar-refractivity contribution is 0.186. The van der Waals surface area contributed by atoms with Gasteiger partial charge in [-0.15, -0.1) is 11.6 Å². The molecule has 2 N–H and O–H groups in total. The van der Waals surface area contributed by atoms with Crippen LogP contribution in [0.2, 0.25) is 0 Å². The van der Waals surface area contributed by atoms with Gasteiger partial charge in [0.25, 0.3) is 0 Å². The van der Waals surface area contributed by atoms with Gasteiger partial charge in [-0.3, -0.25) is 0 Å². The third kappa shape index (κ3) is 6.84. The zero-order valence-electron chi connectivity index (χ0n) is 6.96. The Bertz CT molecular complexity index is 203. The fraction of sp³-hybridized carbons (Fsp3) is 1.00. The molecule has 12 heavy (non-hydrogen) atoms. The van der Waals surface area contributed by atoms with E-state index in [1.165, 1.54) is 0 Å². The Kier molecular flexibility index (Phi) is 5.82. The van der Waals surface area contributed by atoms with Gasteiger partial charge in [0.2, 0.25) is 10.0 Å². The average Bonchev–Trinajstić information content (AvgIpc) is 1.85. The van der Waals surface area contributed by atoms with Crippen molar-refractivity contribution in [3.8, 4) is 0 Å². The summed E-state index contributed by atoms with van der Waals surface area (Å²) in [6, 6.07) is 0. The van der Waals surface area contributed by atoms with Crippen LogP contribution in [0.5, 0.6) is 0 Å². The van der Waals surface area contributed by atoms with E-state index in [0.29, 0.717) is 6.42 Å². The second-order valence-corrected chi connectivity index (χ2v) is 4.84. The van der Waals surface area contributed by atoms with Gasteiger partial charge in [0.15, 0.2) is 0 Å². The molecular formula is C6H14ClNO3S. The number of hydrogen-bond acceptors (Lipinski definition) is 3. The van der Waals surface area contributed by atoms with Crippen LogP contribution in [0.4, 0.5) is 0 Å². The van der Waals surface area contributed by atoms with Gasteiger partial charge in [0.1, 0.15) is 0 Å². The summed E-state index contributed by atoms with van der Waals surface area (Å²) in [5.41, 5.74) is 0. The molecule has 0 aliphatic rings. The van der Waals surface area contributed by atoms with Crippen LogP contribution in [0.1, 0.15) is 13.3 Å². The largest absolute Gasteiger partial charge is 0.393 e. The van der Waals surface area contributed by atoms with Crippen molar-refractivity contribution in [2.24, 2.45) is 0 Å². The van der Waals surface area contributed by atoms with Crippen LogP contribution in [0.25, 0.3) is 0 Å². The number of nitrogens with one attached hydrogen (secondary N) is 1. The van der Waals surface area contributed by atoms with Gasteiger partial charge in [-0.1, -0.05) is 0 Å². The quantitative estimate of drug-likeness (QED) is 0.609. The summed E-state index contributed by atoms with van der Waals surface area (Å²) >= 11 is 5.26. The first-order valence-corrected chi connectivity index (χ1v) is 5.88. The summed E-state index contributed by atoms with van der Waals surface area (Å²) < 4.78 is 24.2. The molecule has 6 heteroatoms. The molecule has 1 atom stereocenters. The van der Waals surface area contributed by atoms with Gasteiger partial charge in [0, 0.05) is 12.4 Å². The molecule has 0 aromatic carbocycles. The fourth-order valence-corrected chi connectivity index (χ4v) is 1.98. The van der Waals surface area contributed by atoms with Crippen LogP contribution in [-0.4, -0.2) is 37.8 Å². The Morgan fingerprint density at radius 1 is 1.58 bits per heavy atom. The molecule has 4 nitrogen and oxygen atoms in total. The van der Waals surface area contributed by atoms with Crippen molar-refractivity contribution in [3.63, 3.8) is 0 Å². The maximum absolute atomic E-state index is 10.9. The van der Waals surface area contributed by atoms with Crippen molar-refractivity contribution in [2.45, 2.75) is 19.4 Å². The summed E-state index contributed by atoms with van der Waals surface area (Å²) in [7, 11) is -3.22. The molecular weight excluding hydrogens is 202 g/mol. The van der Waals surface area contributed by atoms with Gasteiger partial charge in [-0.05, 0) is 13.3 Å². The second kappa shape index (κ2) is 5.75. The van der Waals surface area contributed by atoms with E-state index in [2.05, 4.69) is 4.72 Å². The van der Waals surface area contributed by atoms with Crippen molar-refractivity contribution in [1.29, 1.82) is 0 Å². The van der Waals surface area contributed by atoms with Crippen LogP contribution < -0.4 is 4.72 Å². The van der Waals surface area contributed by atoms with Crippen molar-refractivity contribution in [2.75, 3.05) is 18.2 Å². The molecule has 0 aliphatic heterocycles. The van der Waals surface area contributed by atoms with Gasteiger partial charge in [-0.25, -0.2) is 13.1 Å². The fourth-order valence-electron chi connectivity index (χ4n) is 0.597. The van der Waals surface area contributed by atoms with Gasteiger partial charge in [-0.2, -0.15) is 0 Å². The zero-order chi connectivity index (χ0) is 9.61. The van der Waals surface area contributed by atoms with Gasteiger partial charge < -0.3 is 5.11 Å². The number of sulfonamides is 1. The molecule has 0 saturated carbocycles. The number of alkyl halides is 1. The molecule has 0 amide bonds. The molecule has 74 valence electrons. The summed E-state index contributed by atoms with van der Waals surface area (Å²) in [5.74, 6) is 0.0123. The number of aliphatic hydroxyl groups excluding tert-OH is 1. The van der Waals surface area contributed by atoms with E-state index in [-0.39, 0.29) is 18.2 Å². The van der Waals surface area contributed by atoms with Crippen molar-refractivity contribution in [1.82, 2.24) is 4.72 Å². The Morgan fingerprint density at radius 2 is 2.17 bits per heavy atom. The van der Waals surface area contributed by atoms with Crippen molar-refractivity contribution >= 4 is 21.6 Å². The highest BCUT2D eigenvalue weighted by Gasteiger charge is 2.08. The van der Waals surface area contributed by atoms with E-state index in [1.54, 1.807) is 6.92 Å². The predicted molar refractivity (Wildman–Crippen MR) is 48.8 cm³/mol. The van der Waals surface area contributed by atoms with Gasteiger partial charge >= 0.3 is 0 Å². The second-order valence-electron chi connectivity index (χ2n) is 2.54. The highest BCUT2D eigenvalue weighted by Crippen LogP contribution is 1.90. The first-order chi connectivity index (χ1) is 5.48. The summed E-state index contributed by atoms with van der Waals surface area (Å²) in [5, 5.41) is 8.82. The third-order valence-corrected chi connectivity index (χ3v) is 3.03. The zero-order valence-corrected chi connectivity index (χ0v) is 8.53. The molecule has 0 rings (SSSR count). The molecule has 0 bridgehead atoms. The first-order valence-electron chi connectivity index (χ1n) is 3.69. The molecule has 0 spiro atoms. The molecule has 0 aromatic heterocycles. The Balaban J connectivity index is 3.62. The Morgan fingerprint density at radius 3 is 2.58 bits per heavy atom. The highest BCUT2D eigenvalue weighted by molar-refractivity contribution is 7.89. The average molecular weight is 216 g/mol. The third-order valence-electron chi connectivity index (χ3n) is 1.23. The molecule has 0 radical (unpaired) electrons. The summed E-state index contributed by atoms with van der Waals surface area (Å²) in [6.45, 7) is 1.87. The van der Waals surface area contributed by atoms with E-state index < -0.39 is 16.1 Å². The molecule has 0 saturated heterocycles. The van der Waals surface area contributed by atoms with Crippen LogP contribution in [-0.2, 0) is 10.0 Å². The lowest BCUT2D eigenvalue weighted by Crippen LogP contribution is -2.29. The van der Waals surface area contributed by atoms with Crippen molar-refractivity contribution < 1.29 is 13.5 Å². The van der Waals surface area contributed by atoms with E-state index in [1.807, 2.05) is 0 Å². The standard InChI is InChI=1S/C6H14ClNO3S/c1-6(9)2-4-8-12(10,11)5-3-7/h6,8-9H,2-5H2,1H3. The minimum Gasteiger partial charge on any atom is -0.393 e. The maximum atomic E-state index is 10.9. The molecule has 1 unspecified atom stereocenters. The highest BCUT2D eigenvalue weighted by atomic mass is 35.5. The van der Waals surface area contributed by atoms with Crippen LogP contribution in [0, 0.1) is 0 Å². The van der Waals surface area contributed by atoms with E-state index in [9.17, 15) is 8.42 Å².